The Morgan fingerprint density at radius 2 is 2.11 bits per heavy atom. The number of benzene rings is 1. The first-order valence-electron chi connectivity index (χ1n) is 10.2. The van der Waals surface area contributed by atoms with E-state index in [0.717, 1.165) is 71.3 Å². The molecule has 2 aromatic rings. The molecule has 3 N–H and O–H groups in total. The van der Waals surface area contributed by atoms with Gasteiger partial charge >= 0.3 is 0 Å². The van der Waals surface area contributed by atoms with Gasteiger partial charge in [-0.2, -0.15) is 0 Å². The van der Waals surface area contributed by atoms with Crippen LogP contribution in [-0.2, 0) is 11.2 Å². The largest absolute Gasteiger partial charge is 0.379 e. The molecular formula is C21H33N5O. The molecule has 3 rings (SSSR count). The van der Waals surface area contributed by atoms with Gasteiger partial charge in [-0.25, -0.2) is 0 Å². The molecule has 0 spiro atoms. The van der Waals surface area contributed by atoms with Gasteiger partial charge in [0.15, 0.2) is 5.96 Å². The predicted molar refractivity (Wildman–Crippen MR) is 113 cm³/mol. The summed E-state index contributed by atoms with van der Waals surface area (Å²) in [4.78, 5) is 10.6. The van der Waals surface area contributed by atoms with Crippen LogP contribution in [0.1, 0.15) is 24.5 Å². The molecule has 1 aliphatic rings. The third-order valence-electron chi connectivity index (χ3n) is 5.03. The second-order valence-electron chi connectivity index (χ2n) is 7.06. The van der Waals surface area contributed by atoms with E-state index in [4.69, 9.17) is 9.73 Å². The Kier molecular flexibility index (Phi) is 7.54. The number of guanidine groups is 1. The van der Waals surface area contributed by atoms with Crippen molar-refractivity contribution < 1.29 is 4.74 Å². The van der Waals surface area contributed by atoms with Crippen LogP contribution in [0.15, 0.2) is 29.4 Å². The smallest absolute Gasteiger partial charge is 0.191 e. The molecule has 1 aliphatic heterocycles. The number of fused-ring (bicyclic) bond motifs is 1. The van der Waals surface area contributed by atoms with E-state index in [1.165, 1.54) is 22.0 Å². The zero-order valence-corrected chi connectivity index (χ0v) is 16.7. The molecule has 1 saturated heterocycles. The molecule has 148 valence electrons. The monoisotopic (exact) mass is 371 g/mol. The van der Waals surface area contributed by atoms with E-state index in [1.54, 1.807) is 0 Å². The topological polar surface area (TPSA) is 64.7 Å². The van der Waals surface area contributed by atoms with Crippen LogP contribution in [0, 0.1) is 6.92 Å². The number of H-pyrrole nitrogens is 1. The van der Waals surface area contributed by atoms with Crippen molar-refractivity contribution in [1.82, 2.24) is 20.5 Å². The summed E-state index contributed by atoms with van der Waals surface area (Å²) >= 11 is 0. The number of ether oxygens (including phenoxy) is 1. The summed E-state index contributed by atoms with van der Waals surface area (Å²) in [6, 6.07) is 6.41. The summed E-state index contributed by atoms with van der Waals surface area (Å²) in [6.07, 6.45) is 4.19. The fourth-order valence-electron chi connectivity index (χ4n) is 3.62. The van der Waals surface area contributed by atoms with Crippen molar-refractivity contribution in [2.24, 2.45) is 4.99 Å². The molecule has 0 bridgehead atoms. The Bertz CT molecular complexity index is 733. The number of rotatable bonds is 8. The van der Waals surface area contributed by atoms with Crippen LogP contribution >= 0.6 is 0 Å². The van der Waals surface area contributed by atoms with E-state index in [2.05, 4.69) is 58.8 Å². The number of hydrogen-bond acceptors (Lipinski definition) is 3. The molecule has 2 heterocycles. The highest BCUT2D eigenvalue weighted by Gasteiger charge is 2.09. The van der Waals surface area contributed by atoms with Gasteiger partial charge in [-0.3, -0.25) is 9.89 Å². The number of aromatic amines is 1. The van der Waals surface area contributed by atoms with Crippen molar-refractivity contribution in [1.29, 1.82) is 0 Å². The van der Waals surface area contributed by atoms with Gasteiger partial charge < -0.3 is 20.4 Å². The highest BCUT2D eigenvalue weighted by atomic mass is 16.5. The summed E-state index contributed by atoms with van der Waals surface area (Å²) in [5.74, 6) is 0.913. The lowest BCUT2D eigenvalue weighted by Gasteiger charge is -2.26. The minimum atomic E-state index is 0.846. The third-order valence-corrected chi connectivity index (χ3v) is 5.03. The van der Waals surface area contributed by atoms with Gasteiger partial charge in [0.2, 0.25) is 0 Å². The minimum Gasteiger partial charge on any atom is -0.379 e. The average molecular weight is 372 g/mol. The van der Waals surface area contributed by atoms with E-state index in [0.29, 0.717) is 0 Å². The second-order valence-corrected chi connectivity index (χ2v) is 7.06. The van der Waals surface area contributed by atoms with Crippen LogP contribution in [0.25, 0.3) is 10.9 Å². The Hall–Kier alpha value is -2.05. The summed E-state index contributed by atoms with van der Waals surface area (Å²) < 4.78 is 5.39. The molecule has 6 nitrogen and oxygen atoms in total. The van der Waals surface area contributed by atoms with Gasteiger partial charge in [-0.05, 0) is 43.9 Å². The number of aliphatic imine (C=N–C) groups is 1. The molecule has 0 amide bonds. The quantitative estimate of drug-likeness (QED) is 0.378. The molecule has 0 radical (unpaired) electrons. The summed E-state index contributed by atoms with van der Waals surface area (Å²) in [7, 11) is 0. The average Bonchev–Trinajstić information content (AvgIpc) is 3.10. The first-order valence-corrected chi connectivity index (χ1v) is 10.2. The zero-order chi connectivity index (χ0) is 18.9. The number of morpholine rings is 1. The predicted octanol–water partition coefficient (Wildman–Crippen LogP) is 2.30. The highest BCUT2D eigenvalue weighted by Crippen LogP contribution is 2.22. The van der Waals surface area contributed by atoms with Gasteiger partial charge in [0.1, 0.15) is 0 Å². The van der Waals surface area contributed by atoms with E-state index >= 15 is 0 Å². The molecule has 1 fully saturated rings. The van der Waals surface area contributed by atoms with E-state index in [1.807, 2.05) is 0 Å². The Morgan fingerprint density at radius 1 is 1.26 bits per heavy atom. The van der Waals surface area contributed by atoms with Crippen LogP contribution in [0.5, 0.6) is 0 Å². The van der Waals surface area contributed by atoms with E-state index in [-0.39, 0.29) is 0 Å². The molecule has 27 heavy (non-hydrogen) atoms. The summed E-state index contributed by atoms with van der Waals surface area (Å²) in [5, 5.41) is 8.17. The summed E-state index contributed by atoms with van der Waals surface area (Å²) in [6.45, 7) is 11.8. The van der Waals surface area contributed by atoms with Gasteiger partial charge in [-0.1, -0.05) is 12.1 Å². The lowest BCUT2D eigenvalue weighted by Crippen LogP contribution is -2.39. The number of nitrogens with one attached hydrogen (secondary N) is 3. The minimum absolute atomic E-state index is 0.846. The SMILES string of the molecule is CCNC(=NCCCN1CCOCC1)NCCc1c[nH]c2cccc(C)c12. The Labute approximate surface area is 162 Å². The van der Waals surface area contributed by atoms with Crippen LogP contribution < -0.4 is 10.6 Å². The first-order chi connectivity index (χ1) is 13.3. The molecule has 0 unspecified atom stereocenters. The van der Waals surface area contributed by atoms with E-state index < -0.39 is 0 Å². The van der Waals surface area contributed by atoms with Crippen molar-refractivity contribution in [3.8, 4) is 0 Å². The molecule has 0 saturated carbocycles. The molecule has 0 atom stereocenters. The molecule has 1 aromatic carbocycles. The second kappa shape index (κ2) is 10.3. The number of aromatic nitrogens is 1. The lowest BCUT2D eigenvalue weighted by molar-refractivity contribution is 0.0377. The van der Waals surface area contributed by atoms with Crippen molar-refractivity contribution in [2.75, 3.05) is 52.5 Å². The molecule has 1 aromatic heterocycles. The lowest BCUT2D eigenvalue weighted by atomic mass is 10.1. The molecule has 0 aliphatic carbocycles. The fourth-order valence-corrected chi connectivity index (χ4v) is 3.62. The maximum atomic E-state index is 5.39. The fraction of sp³-hybridized carbons (Fsp3) is 0.571. The van der Waals surface area contributed by atoms with Crippen LogP contribution in [0.2, 0.25) is 0 Å². The maximum absolute atomic E-state index is 5.39. The van der Waals surface area contributed by atoms with Crippen LogP contribution in [0.4, 0.5) is 0 Å². The molecule has 6 heteroatoms. The summed E-state index contributed by atoms with van der Waals surface area (Å²) in [5.41, 5.74) is 3.90. The molecular weight excluding hydrogens is 338 g/mol. The number of aryl methyl sites for hydroxylation is 1. The first kappa shape index (κ1) is 19.7. The van der Waals surface area contributed by atoms with Crippen LogP contribution in [0.3, 0.4) is 0 Å². The third kappa shape index (κ3) is 5.71. The number of nitrogens with zero attached hydrogens (tertiary/aromatic N) is 2. The number of hydrogen-bond donors (Lipinski definition) is 3. The van der Waals surface area contributed by atoms with Crippen molar-refractivity contribution in [3.05, 3.63) is 35.5 Å². The van der Waals surface area contributed by atoms with Crippen molar-refractivity contribution in [2.45, 2.75) is 26.7 Å². The van der Waals surface area contributed by atoms with Gasteiger partial charge in [0.25, 0.3) is 0 Å². The standard InChI is InChI=1S/C21H33N5O/c1-3-22-21(23-9-5-11-26-12-14-27-15-13-26)24-10-8-18-16-25-19-7-4-6-17(2)20(18)19/h4,6-7,16,25H,3,5,8-15H2,1-2H3,(H2,22,23,24). The van der Waals surface area contributed by atoms with Gasteiger partial charge in [0.05, 0.1) is 13.2 Å². The zero-order valence-electron chi connectivity index (χ0n) is 16.7. The van der Waals surface area contributed by atoms with Gasteiger partial charge in [0, 0.05) is 56.4 Å². The highest BCUT2D eigenvalue weighted by molar-refractivity contribution is 5.86. The van der Waals surface area contributed by atoms with Crippen molar-refractivity contribution >= 4 is 16.9 Å². The Balaban J connectivity index is 1.45. The van der Waals surface area contributed by atoms with Gasteiger partial charge in [-0.15, -0.1) is 0 Å². The van der Waals surface area contributed by atoms with Crippen LogP contribution in [-0.4, -0.2) is 68.3 Å². The normalized spacial score (nSPS) is 16.0. The maximum Gasteiger partial charge on any atom is 0.191 e. The Morgan fingerprint density at radius 3 is 2.93 bits per heavy atom. The van der Waals surface area contributed by atoms with E-state index in [9.17, 15) is 0 Å². The van der Waals surface area contributed by atoms with Crippen molar-refractivity contribution in [3.63, 3.8) is 0 Å².